The Hall–Kier alpha value is -0.430. The molecule has 15 heavy (non-hydrogen) atoms. The lowest BCUT2D eigenvalue weighted by Crippen LogP contribution is -2.22. The van der Waals surface area contributed by atoms with E-state index < -0.39 is 10.0 Å². The van der Waals surface area contributed by atoms with Gasteiger partial charge >= 0.3 is 0 Å². The summed E-state index contributed by atoms with van der Waals surface area (Å²) in [5, 5.41) is 5.02. The summed E-state index contributed by atoms with van der Waals surface area (Å²) in [5.41, 5.74) is 1.01. The maximum atomic E-state index is 11.6. The molecule has 0 unspecified atom stereocenters. The van der Waals surface area contributed by atoms with Crippen molar-refractivity contribution in [2.75, 3.05) is 13.1 Å². The zero-order valence-electron chi connectivity index (χ0n) is 8.91. The van der Waals surface area contributed by atoms with E-state index in [4.69, 9.17) is 0 Å². The Kier molecular flexibility index (Phi) is 4.72. The molecule has 0 spiro atoms. The molecule has 2 N–H and O–H groups in total. The molecule has 0 atom stereocenters. The third-order valence-corrected chi connectivity index (χ3v) is 4.84. The van der Waals surface area contributed by atoms with E-state index in [1.807, 2.05) is 12.3 Å². The first-order valence-electron chi connectivity index (χ1n) is 4.88. The molecule has 0 amide bonds. The molecule has 4 nitrogen and oxygen atoms in total. The largest absolute Gasteiger partial charge is 0.313 e. The highest BCUT2D eigenvalue weighted by atomic mass is 32.2. The first kappa shape index (κ1) is 12.6. The van der Waals surface area contributed by atoms with Gasteiger partial charge in [-0.15, -0.1) is 11.3 Å². The maximum absolute atomic E-state index is 11.6. The first-order valence-corrected chi connectivity index (χ1v) is 7.24. The van der Waals surface area contributed by atoms with Crippen molar-refractivity contribution in [3.63, 3.8) is 0 Å². The lowest BCUT2D eigenvalue weighted by atomic mass is 10.3. The average molecular weight is 248 g/mol. The highest BCUT2D eigenvalue weighted by molar-refractivity contribution is 7.91. The molecule has 0 saturated heterocycles. The second-order valence-corrected chi connectivity index (χ2v) is 5.96. The van der Waals surface area contributed by atoms with Crippen molar-refractivity contribution in [1.29, 1.82) is 0 Å². The molecular formula is C9H16N2O2S2. The highest BCUT2D eigenvalue weighted by Gasteiger charge is 2.14. The summed E-state index contributed by atoms with van der Waals surface area (Å²) in [4.78, 5) is 0. The number of rotatable bonds is 6. The Morgan fingerprint density at radius 3 is 2.67 bits per heavy atom. The summed E-state index contributed by atoms with van der Waals surface area (Å²) in [6.07, 6.45) is 0. The van der Waals surface area contributed by atoms with Gasteiger partial charge in [-0.25, -0.2) is 13.1 Å². The lowest BCUT2D eigenvalue weighted by Gasteiger charge is -2.00. The molecular weight excluding hydrogens is 232 g/mol. The Labute approximate surface area is 94.8 Å². The molecule has 0 aliphatic carbocycles. The van der Waals surface area contributed by atoms with Gasteiger partial charge in [-0.2, -0.15) is 0 Å². The topological polar surface area (TPSA) is 58.2 Å². The van der Waals surface area contributed by atoms with E-state index in [2.05, 4.69) is 10.0 Å². The van der Waals surface area contributed by atoms with Crippen molar-refractivity contribution in [2.45, 2.75) is 24.6 Å². The van der Waals surface area contributed by atoms with Gasteiger partial charge in [0.1, 0.15) is 4.21 Å². The quantitative estimate of drug-likeness (QED) is 0.794. The summed E-state index contributed by atoms with van der Waals surface area (Å²) < 4.78 is 26.1. The van der Waals surface area contributed by atoms with Gasteiger partial charge in [0.05, 0.1) is 0 Å². The lowest BCUT2D eigenvalue weighted by molar-refractivity contribution is 0.586. The minimum Gasteiger partial charge on any atom is -0.313 e. The Morgan fingerprint density at radius 2 is 2.07 bits per heavy atom. The number of sulfonamides is 1. The molecule has 0 bridgehead atoms. The number of nitrogens with one attached hydrogen (secondary N) is 2. The SMILES string of the molecule is CCNCc1csc(S(=O)(=O)NCC)c1. The van der Waals surface area contributed by atoms with Crippen LogP contribution in [0.2, 0.25) is 0 Å². The molecule has 1 rings (SSSR count). The number of hydrogen-bond donors (Lipinski definition) is 2. The van der Waals surface area contributed by atoms with Crippen LogP contribution in [-0.2, 0) is 16.6 Å². The first-order chi connectivity index (χ1) is 7.10. The van der Waals surface area contributed by atoms with Gasteiger partial charge in [0.25, 0.3) is 0 Å². The molecule has 0 saturated carbocycles. The summed E-state index contributed by atoms with van der Waals surface area (Å²) in [7, 11) is -3.27. The monoisotopic (exact) mass is 248 g/mol. The second-order valence-electron chi connectivity index (χ2n) is 3.06. The molecule has 6 heteroatoms. The van der Waals surface area contributed by atoms with Crippen LogP contribution in [0, 0.1) is 0 Å². The van der Waals surface area contributed by atoms with Gasteiger partial charge in [0.2, 0.25) is 10.0 Å². The Bertz CT molecular complexity index is 398. The van der Waals surface area contributed by atoms with Crippen LogP contribution in [0.15, 0.2) is 15.7 Å². The van der Waals surface area contributed by atoms with Crippen LogP contribution in [0.25, 0.3) is 0 Å². The van der Waals surface area contributed by atoms with Crippen LogP contribution in [-0.4, -0.2) is 21.5 Å². The smallest absolute Gasteiger partial charge is 0.250 e. The molecule has 0 aliphatic heterocycles. The van der Waals surface area contributed by atoms with Crippen molar-refractivity contribution >= 4 is 21.4 Å². The van der Waals surface area contributed by atoms with E-state index in [9.17, 15) is 8.42 Å². The van der Waals surface area contributed by atoms with Crippen LogP contribution in [0.3, 0.4) is 0 Å². The van der Waals surface area contributed by atoms with Crippen molar-refractivity contribution < 1.29 is 8.42 Å². The number of hydrogen-bond acceptors (Lipinski definition) is 4. The molecule has 0 fully saturated rings. The van der Waals surface area contributed by atoms with Crippen molar-refractivity contribution in [3.05, 3.63) is 17.0 Å². The third kappa shape index (κ3) is 3.57. The van der Waals surface area contributed by atoms with Crippen LogP contribution in [0.1, 0.15) is 19.4 Å². The summed E-state index contributed by atoms with van der Waals surface area (Å²) >= 11 is 1.26. The molecule has 0 aromatic carbocycles. The highest BCUT2D eigenvalue weighted by Crippen LogP contribution is 2.19. The second kappa shape index (κ2) is 5.60. The van der Waals surface area contributed by atoms with Crippen LogP contribution in [0.5, 0.6) is 0 Å². The summed E-state index contributed by atoms with van der Waals surface area (Å²) in [6.45, 7) is 5.80. The minimum atomic E-state index is -3.27. The normalized spacial score (nSPS) is 11.9. The van der Waals surface area contributed by atoms with Crippen molar-refractivity contribution in [3.8, 4) is 0 Å². The van der Waals surface area contributed by atoms with E-state index in [0.717, 1.165) is 12.1 Å². The Balaban J connectivity index is 2.75. The predicted octanol–water partition coefficient (Wildman–Crippen LogP) is 1.16. The zero-order chi connectivity index (χ0) is 11.3. The summed E-state index contributed by atoms with van der Waals surface area (Å²) in [6, 6.07) is 1.71. The zero-order valence-corrected chi connectivity index (χ0v) is 10.5. The average Bonchev–Trinajstić information content (AvgIpc) is 2.63. The minimum absolute atomic E-state index is 0.386. The number of thiophene rings is 1. The van der Waals surface area contributed by atoms with Crippen LogP contribution in [0.4, 0.5) is 0 Å². The van der Waals surface area contributed by atoms with E-state index in [-0.39, 0.29) is 0 Å². The molecule has 1 aromatic rings. The maximum Gasteiger partial charge on any atom is 0.250 e. The van der Waals surface area contributed by atoms with Gasteiger partial charge < -0.3 is 5.32 Å². The van der Waals surface area contributed by atoms with Crippen LogP contribution >= 0.6 is 11.3 Å². The fourth-order valence-electron chi connectivity index (χ4n) is 1.12. The third-order valence-electron chi connectivity index (χ3n) is 1.81. The van der Waals surface area contributed by atoms with Crippen LogP contribution < -0.4 is 10.0 Å². The van der Waals surface area contributed by atoms with E-state index in [1.165, 1.54) is 11.3 Å². The fraction of sp³-hybridized carbons (Fsp3) is 0.556. The van der Waals surface area contributed by atoms with Crippen molar-refractivity contribution in [1.82, 2.24) is 10.0 Å². The summed E-state index contributed by atoms with van der Waals surface area (Å²) in [5.74, 6) is 0. The van der Waals surface area contributed by atoms with E-state index in [0.29, 0.717) is 17.3 Å². The molecule has 1 heterocycles. The molecule has 86 valence electrons. The van der Waals surface area contributed by atoms with Gasteiger partial charge in [-0.3, -0.25) is 0 Å². The van der Waals surface area contributed by atoms with Gasteiger partial charge in [0, 0.05) is 13.1 Å². The predicted molar refractivity (Wildman–Crippen MR) is 62.6 cm³/mol. The fourth-order valence-corrected chi connectivity index (χ4v) is 3.41. The van der Waals surface area contributed by atoms with E-state index >= 15 is 0 Å². The van der Waals surface area contributed by atoms with Gasteiger partial charge in [-0.1, -0.05) is 13.8 Å². The van der Waals surface area contributed by atoms with Gasteiger partial charge in [0.15, 0.2) is 0 Å². The van der Waals surface area contributed by atoms with Gasteiger partial charge in [-0.05, 0) is 23.6 Å². The Morgan fingerprint density at radius 1 is 1.33 bits per heavy atom. The molecule has 1 aromatic heterocycles. The molecule has 0 aliphatic rings. The molecule has 0 radical (unpaired) electrons. The van der Waals surface area contributed by atoms with Crippen molar-refractivity contribution in [2.24, 2.45) is 0 Å². The van der Waals surface area contributed by atoms with E-state index in [1.54, 1.807) is 13.0 Å². The standard InChI is InChI=1S/C9H16N2O2S2/c1-3-10-6-8-5-9(14-7-8)15(12,13)11-4-2/h5,7,10-11H,3-4,6H2,1-2H3.